The van der Waals surface area contributed by atoms with E-state index in [0.717, 1.165) is 11.1 Å². The highest BCUT2D eigenvalue weighted by Crippen LogP contribution is 2.25. The van der Waals surface area contributed by atoms with E-state index in [9.17, 15) is 4.79 Å². The molecular formula is C19H23NO3. The minimum absolute atomic E-state index is 0.00438. The highest BCUT2D eigenvalue weighted by atomic mass is 16.5. The van der Waals surface area contributed by atoms with Crippen LogP contribution in [-0.4, -0.2) is 19.6 Å². The summed E-state index contributed by atoms with van der Waals surface area (Å²) in [5.74, 6) is 0.442. The van der Waals surface area contributed by atoms with E-state index >= 15 is 0 Å². The fourth-order valence-corrected chi connectivity index (χ4v) is 2.37. The number of carbonyl (C=O) groups excluding carboxylic acids is 1. The number of anilines is 1. The zero-order chi connectivity index (χ0) is 16.8. The number of amides is 1. The molecule has 0 unspecified atom stereocenters. The summed E-state index contributed by atoms with van der Waals surface area (Å²) in [6, 6.07) is 11.8. The van der Waals surface area contributed by atoms with E-state index in [-0.39, 0.29) is 12.5 Å². The molecule has 0 atom stereocenters. The zero-order valence-electron chi connectivity index (χ0n) is 14.1. The Morgan fingerprint density at radius 3 is 2.43 bits per heavy atom. The molecule has 0 bridgehead atoms. The lowest BCUT2D eigenvalue weighted by molar-refractivity contribution is -0.121. The Bertz CT molecular complexity index is 695. The van der Waals surface area contributed by atoms with Crippen molar-refractivity contribution in [2.45, 2.75) is 27.4 Å². The van der Waals surface area contributed by atoms with E-state index in [1.165, 1.54) is 11.1 Å². The highest BCUT2D eigenvalue weighted by Gasteiger charge is 2.08. The Morgan fingerprint density at radius 2 is 1.74 bits per heavy atom. The molecule has 1 amide bonds. The number of aryl methyl sites for hydroxylation is 3. The summed E-state index contributed by atoms with van der Waals surface area (Å²) >= 11 is 0. The maximum Gasteiger partial charge on any atom is 0.250 e. The fourth-order valence-electron chi connectivity index (χ4n) is 2.37. The van der Waals surface area contributed by atoms with Crippen molar-refractivity contribution in [2.24, 2.45) is 0 Å². The van der Waals surface area contributed by atoms with Gasteiger partial charge in [-0.2, -0.15) is 0 Å². The van der Waals surface area contributed by atoms with Crippen LogP contribution in [0, 0.1) is 20.8 Å². The Hall–Kier alpha value is -2.33. The van der Waals surface area contributed by atoms with Gasteiger partial charge in [0.1, 0.15) is 12.4 Å². The number of nitrogens with one attached hydrogen (secondary N) is 1. The molecule has 0 saturated carbocycles. The van der Waals surface area contributed by atoms with Gasteiger partial charge in [0.2, 0.25) is 5.91 Å². The van der Waals surface area contributed by atoms with E-state index in [2.05, 4.69) is 18.3 Å². The quantitative estimate of drug-likeness (QED) is 0.883. The summed E-state index contributed by atoms with van der Waals surface area (Å²) < 4.78 is 10.8. The first kappa shape index (κ1) is 17.0. The van der Waals surface area contributed by atoms with Gasteiger partial charge in [-0.1, -0.05) is 29.8 Å². The number of ether oxygens (including phenoxy) is 2. The summed E-state index contributed by atoms with van der Waals surface area (Å²) in [4.78, 5) is 12.0. The lowest BCUT2D eigenvalue weighted by Crippen LogP contribution is -2.18. The van der Waals surface area contributed by atoms with Crippen molar-refractivity contribution in [3.8, 4) is 5.75 Å². The van der Waals surface area contributed by atoms with Gasteiger partial charge >= 0.3 is 0 Å². The monoisotopic (exact) mass is 313 g/mol. The minimum atomic E-state index is -0.196. The van der Waals surface area contributed by atoms with Crippen molar-refractivity contribution in [3.05, 3.63) is 58.7 Å². The van der Waals surface area contributed by atoms with E-state index in [1.807, 2.05) is 44.2 Å². The van der Waals surface area contributed by atoms with Crippen LogP contribution in [0.3, 0.4) is 0 Å². The van der Waals surface area contributed by atoms with Crippen molar-refractivity contribution < 1.29 is 14.3 Å². The summed E-state index contributed by atoms with van der Waals surface area (Å²) in [5, 5.41) is 2.82. The first-order valence-electron chi connectivity index (χ1n) is 7.58. The summed E-state index contributed by atoms with van der Waals surface area (Å²) in [6.45, 7) is 6.49. The maximum atomic E-state index is 12.0. The third-order valence-corrected chi connectivity index (χ3v) is 3.62. The minimum Gasteiger partial charge on any atom is -0.495 e. The second kappa shape index (κ2) is 7.79. The van der Waals surface area contributed by atoms with Gasteiger partial charge in [0.25, 0.3) is 0 Å². The predicted octanol–water partition coefficient (Wildman–Crippen LogP) is 3.78. The summed E-state index contributed by atoms with van der Waals surface area (Å²) in [5.41, 5.74) is 5.20. The molecule has 0 saturated heterocycles. The van der Waals surface area contributed by atoms with Crippen molar-refractivity contribution >= 4 is 11.6 Å². The second-order valence-corrected chi connectivity index (χ2v) is 5.67. The molecule has 2 rings (SSSR count). The van der Waals surface area contributed by atoms with Crippen LogP contribution in [0.1, 0.15) is 22.3 Å². The van der Waals surface area contributed by atoms with Gasteiger partial charge in [-0.05, 0) is 49.6 Å². The van der Waals surface area contributed by atoms with Gasteiger partial charge in [0.15, 0.2) is 0 Å². The fraction of sp³-hybridized carbons (Fsp3) is 0.316. The van der Waals surface area contributed by atoms with Crippen LogP contribution < -0.4 is 10.1 Å². The van der Waals surface area contributed by atoms with Crippen molar-refractivity contribution in [1.29, 1.82) is 0 Å². The van der Waals surface area contributed by atoms with Gasteiger partial charge in [0, 0.05) is 0 Å². The Kier molecular flexibility index (Phi) is 5.77. The Labute approximate surface area is 137 Å². The molecule has 4 heteroatoms. The van der Waals surface area contributed by atoms with Gasteiger partial charge in [-0.25, -0.2) is 0 Å². The third kappa shape index (κ3) is 4.83. The highest BCUT2D eigenvalue weighted by molar-refractivity contribution is 5.93. The van der Waals surface area contributed by atoms with E-state index < -0.39 is 0 Å². The summed E-state index contributed by atoms with van der Waals surface area (Å²) in [6.07, 6.45) is 0. The average Bonchev–Trinajstić information content (AvgIpc) is 2.50. The number of hydrogen-bond donors (Lipinski definition) is 1. The van der Waals surface area contributed by atoms with Gasteiger partial charge in [-0.3, -0.25) is 4.79 Å². The van der Waals surface area contributed by atoms with Crippen molar-refractivity contribution in [3.63, 3.8) is 0 Å². The SMILES string of the molecule is COc1ccc(C)cc1NC(=O)COCc1ccc(C)cc1C. The van der Waals surface area contributed by atoms with Gasteiger partial charge in [0.05, 0.1) is 19.4 Å². The molecule has 0 aromatic heterocycles. The van der Waals surface area contributed by atoms with Crippen LogP contribution >= 0.6 is 0 Å². The molecule has 0 fully saturated rings. The normalized spacial score (nSPS) is 10.4. The van der Waals surface area contributed by atoms with Crippen LogP contribution in [-0.2, 0) is 16.1 Å². The van der Waals surface area contributed by atoms with E-state index in [0.29, 0.717) is 18.0 Å². The zero-order valence-corrected chi connectivity index (χ0v) is 14.1. The average molecular weight is 313 g/mol. The molecule has 0 spiro atoms. The number of benzene rings is 2. The van der Waals surface area contributed by atoms with Gasteiger partial charge < -0.3 is 14.8 Å². The summed E-state index contributed by atoms with van der Waals surface area (Å²) in [7, 11) is 1.58. The van der Waals surface area contributed by atoms with Gasteiger partial charge in [-0.15, -0.1) is 0 Å². The molecule has 1 N–H and O–H groups in total. The molecule has 4 nitrogen and oxygen atoms in total. The molecule has 0 radical (unpaired) electrons. The van der Waals surface area contributed by atoms with Crippen LogP contribution in [0.2, 0.25) is 0 Å². The van der Waals surface area contributed by atoms with E-state index in [4.69, 9.17) is 9.47 Å². The Balaban J connectivity index is 1.89. The maximum absolute atomic E-state index is 12.0. The van der Waals surface area contributed by atoms with Crippen LogP contribution in [0.15, 0.2) is 36.4 Å². The topological polar surface area (TPSA) is 47.6 Å². The standard InChI is InChI=1S/C19H23NO3/c1-13-5-7-16(15(3)9-13)11-23-12-19(21)20-17-10-14(2)6-8-18(17)22-4/h5-10H,11-12H2,1-4H3,(H,20,21). The molecule has 2 aromatic rings. The molecular weight excluding hydrogens is 290 g/mol. The third-order valence-electron chi connectivity index (χ3n) is 3.62. The second-order valence-electron chi connectivity index (χ2n) is 5.67. The molecule has 23 heavy (non-hydrogen) atoms. The first-order valence-corrected chi connectivity index (χ1v) is 7.58. The smallest absolute Gasteiger partial charge is 0.250 e. The van der Waals surface area contributed by atoms with Crippen LogP contribution in [0.5, 0.6) is 5.75 Å². The molecule has 0 aliphatic carbocycles. The first-order chi connectivity index (χ1) is 11.0. The van der Waals surface area contributed by atoms with Crippen LogP contribution in [0.25, 0.3) is 0 Å². The largest absolute Gasteiger partial charge is 0.495 e. The predicted molar refractivity (Wildman–Crippen MR) is 91.9 cm³/mol. The molecule has 0 heterocycles. The van der Waals surface area contributed by atoms with Crippen molar-refractivity contribution in [1.82, 2.24) is 0 Å². The molecule has 2 aromatic carbocycles. The lowest BCUT2D eigenvalue weighted by atomic mass is 10.1. The number of rotatable bonds is 6. The Morgan fingerprint density at radius 1 is 1.04 bits per heavy atom. The molecule has 0 aliphatic heterocycles. The van der Waals surface area contributed by atoms with E-state index in [1.54, 1.807) is 7.11 Å². The lowest BCUT2D eigenvalue weighted by Gasteiger charge is -2.12. The number of methoxy groups -OCH3 is 1. The molecule has 0 aliphatic rings. The molecule has 122 valence electrons. The van der Waals surface area contributed by atoms with Crippen LogP contribution in [0.4, 0.5) is 5.69 Å². The van der Waals surface area contributed by atoms with Crippen molar-refractivity contribution in [2.75, 3.05) is 19.0 Å². The number of carbonyl (C=O) groups is 1. The number of hydrogen-bond acceptors (Lipinski definition) is 3.